The molecule has 0 aliphatic carbocycles. The molecule has 0 saturated carbocycles. The molecule has 0 bridgehead atoms. The summed E-state index contributed by atoms with van der Waals surface area (Å²) in [5.41, 5.74) is 1.33. The molecular formula is C15H23ClN2O. The zero-order valence-corrected chi connectivity index (χ0v) is 13.0. The number of pyridine rings is 1. The molecule has 1 amide bonds. The summed E-state index contributed by atoms with van der Waals surface area (Å²) in [6.07, 6.45) is 4.60. The van der Waals surface area contributed by atoms with Crippen molar-refractivity contribution in [3.8, 4) is 0 Å². The molecule has 0 fully saturated rings. The molecule has 1 unspecified atom stereocenters. The first-order chi connectivity index (χ1) is 9.01. The topological polar surface area (TPSA) is 33.2 Å². The molecule has 19 heavy (non-hydrogen) atoms. The molecule has 0 spiro atoms. The summed E-state index contributed by atoms with van der Waals surface area (Å²) in [4.78, 5) is 18.7. The van der Waals surface area contributed by atoms with Gasteiger partial charge in [-0.3, -0.25) is 9.78 Å². The van der Waals surface area contributed by atoms with Gasteiger partial charge in [0.1, 0.15) is 0 Å². The first-order valence-electron chi connectivity index (χ1n) is 6.94. The summed E-state index contributed by atoms with van der Waals surface area (Å²) >= 11 is 6.16. The molecule has 1 aromatic heterocycles. The number of unbranched alkanes of at least 4 members (excludes halogenated alkanes) is 1. The predicted molar refractivity (Wildman–Crippen MR) is 79.7 cm³/mol. The van der Waals surface area contributed by atoms with E-state index in [1.54, 1.807) is 12.3 Å². The first-order valence-corrected chi connectivity index (χ1v) is 7.32. The Bertz CT molecular complexity index is 434. The number of aromatic nitrogens is 1. The van der Waals surface area contributed by atoms with E-state index in [9.17, 15) is 4.79 Å². The highest BCUT2D eigenvalue weighted by Crippen LogP contribution is 2.20. The van der Waals surface area contributed by atoms with Crippen LogP contribution in [0.15, 0.2) is 12.3 Å². The van der Waals surface area contributed by atoms with Crippen molar-refractivity contribution in [2.75, 3.05) is 6.54 Å². The third-order valence-corrected chi connectivity index (χ3v) is 3.67. The molecule has 1 heterocycles. The van der Waals surface area contributed by atoms with Gasteiger partial charge in [0.05, 0.1) is 10.6 Å². The van der Waals surface area contributed by atoms with Crippen LogP contribution in [0.1, 0.15) is 56.1 Å². The zero-order chi connectivity index (χ0) is 14.4. The molecule has 0 N–H and O–H groups in total. The molecule has 0 aromatic carbocycles. The molecule has 1 aromatic rings. The Hall–Kier alpha value is -1.09. The van der Waals surface area contributed by atoms with E-state index in [4.69, 9.17) is 11.6 Å². The maximum atomic E-state index is 12.6. The van der Waals surface area contributed by atoms with Gasteiger partial charge in [-0.15, -0.1) is 0 Å². The van der Waals surface area contributed by atoms with Crippen molar-refractivity contribution in [1.82, 2.24) is 9.88 Å². The number of rotatable bonds is 6. The third kappa shape index (κ3) is 4.20. The monoisotopic (exact) mass is 282 g/mol. The average Bonchev–Trinajstić information content (AvgIpc) is 2.38. The van der Waals surface area contributed by atoms with Crippen LogP contribution in [0.3, 0.4) is 0 Å². The van der Waals surface area contributed by atoms with Crippen molar-refractivity contribution in [3.63, 3.8) is 0 Å². The van der Waals surface area contributed by atoms with E-state index in [-0.39, 0.29) is 11.9 Å². The maximum absolute atomic E-state index is 12.6. The molecule has 3 nitrogen and oxygen atoms in total. The van der Waals surface area contributed by atoms with Gasteiger partial charge >= 0.3 is 0 Å². The van der Waals surface area contributed by atoms with E-state index in [0.29, 0.717) is 10.6 Å². The van der Waals surface area contributed by atoms with E-state index < -0.39 is 0 Å². The fourth-order valence-electron chi connectivity index (χ4n) is 1.91. The van der Waals surface area contributed by atoms with Crippen LogP contribution in [0.2, 0.25) is 5.02 Å². The van der Waals surface area contributed by atoms with Gasteiger partial charge in [-0.05, 0) is 32.8 Å². The molecule has 0 aliphatic heterocycles. The standard InChI is InChI=1S/C15H23ClN2O/c1-5-7-8-18(12(4)6-2)15(19)13-10-17-11(3)9-14(13)16/h9-10,12H,5-8H2,1-4H3. The lowest BCUT2D eigenvalue weighted by atomic mass is 10.1. The fourth-order valence-corrected chi connectivity index (χ4v) is 2.20. The largest absolute Gasteiger partial charge is 0.336 e. The molecule has 1 atom stereocenters. The van der Waals surface area contributed by atoms with Crippen molar-refractivity contribution in [3.05, 3.63) is 28.5 Å². The highest BCUT2D eigenvalue weighted by molar-refractivity contribution is 6.33. The zero-order valence-electron chi connectivity index (χ0n) is 12.2. The SMILES string of the molecule is CCCCN(C(=O)c1cnc(C)cc1Cl)C(C)CC. The van der Waals surface area contributed by atoms with Crippen molar-refractivity contribution in [1.29, 1.82) is 0 Å². The number of hydrogen-bond donors (Lipinski definition) is 0. The Morgan fingerprint density at radius 3 is 2.68 bits per heavy atom. The minimum atomic E-state index is -0.0136. The summed E-state index contributed by atoms with van der Waals surface area (Å²) in [6, 6.07) is 1.96. The fraction of sp³-hybridized carbons (Fsp3) is 0.600. The van der Waals surface area contributed by atoms with Crippen LogP contribution in [0.4, 0.5) is 0 Å². The number of amides is 1. The van der Waals surface area contributed by atoms with Gasteiger partial charge in [-0.25, -0.2) is 0 Å². The maximum Gasteiger partial charge on any atom is 0.257 e. The normalized spacial score (nSPS) is 12.3. The highest BCUT2D eigenvalue weighted by atomic mass is 35.5. The third-order valence-electron chi connectivity index (χ3n) is 3.36. The quantitative estimate of drug-likeness (QED) is 0.787. The van der Waals surface area contributed by atoms with Crippen LogP contribution in [-0.2, 0) is 0 Å². The van der Waals surface area contributed by atoms with Gasteiger partial charge in [-0.1, -0.05) is 31.9 Å². The van der Waals surface area contributed by atoms with E-state index in [2.05, 4.69) is 25.8 Å². The van der Waals surface area contributed by atoms with Crippen LogP contribution in [0.25, 0.3) is 0 Å². The van der Waals surface area contributed by atoms with E-state index in [0.717, 1.165) is 31.5 Å². The summed E-state index contributed by atoms with van der Waals surface area (Å²) in [5, 5.41) is 0.488. The van der Waals surface area contributed by atoms with Gasteiger partial charge in [-0.2, -0.15) is 0 Å². The summed E-state index contributed by atoms with van der Waals surface area (Å²) in [7, 11) is 0. The Kier molecular flexibility index (Phi) is 6.29. The molecule has 0 aliphatic rings. The second-order valence-electron chi connectivity index (χ2n) is 4.91. The van der Waals surface area contributed by atoms with Crippen LogP contribution in [0, 0.1) is 6.92 Å². The van der Waals surface area contributed by atoms with Crippen molar-refractivity contribution in [2.24, 2.45) is 0 Å². The molecule has 1 rings (SSSR count). The number of nitrogens with zero attached hydrogens (tertiary/aromatic N) is 2. The second-order valence-corrected chi connectivity index (χ2v) is 5.32. The molecular weight excluding hydrogens is 260 g/mol. The number of carbonyl (C=O) groups is 1. The highest BCUT2D eigenvalue weighted by Gasteiger charge is 2.22. The molecule has 4 heteroatoms. The smallest absolute Gasteiger partial charge is 0.257 e. The molecule has 0 radical (unpaired) electrons. The summed E-state index contributed by atoms with van der Waals surface area (Å²) in [6.45, 7) is 8.92. The predicted octanol–water partition coefficient (Wildman–Crippen LogP) is 4.08. The number of hydrogen-bond acceptors (Lipinski definition) is 2. The first kappa shape index (κ1) is 16.0. The van der Waals surface area contributed by atoms with E-state index >= 15 is 0 Å². The Morgan fingerprint density at radius 1 is 1.47 bits per heavy atom. The van der Waals surface area contributed by atoms with Crippen molar-refractivity contribution < 1.29 is 4.79 Å². The summed E-state index contributed by atoms with van der Waals surface area (Å²) < 4.78 is 0. The van der Waals surface area contributed by atoms with Gasteiger partial charge in [0.2, 0.25) is 0 Å². The second kappa shape index (κ2) is 7.49. The van der Waals surface area contributed by atoms with Gasteiger partial charge in [0.25, 0.3) is 5.91 Å². The van der Waals surface area contributed by atoms with E-state index in [1.165, 1.54) is 0 Å². The lowest BCUT2D eigenvalue weighted by Crippen LogP contribution is -2.39. The molecule has 106 valence electrons. The minimum Gasteiger partial charge on any atom is -0.336 e. The van der Waals surface area contributed by atoms with Crippen molar-refractivity contribution >= 4 is 17.5 Å². The lowest BCUT2D eigenvalue weighted by Gasteiger charge is -2.29. The Labute approximate surface area is 121 Å². The van der Waals surface area contributed by atoms with Crippen molar-refractivity contribution in [2.45, 2.75) is 53.0 Å². The van der Waals surface area contributed by atoms with Crippen LogP contribution in [-0.4, -0.2) is 28.4 Å². The van der Waals surface area contributed by atoms with Crippen LogP contribution < -0.4 is 0 Å². The minimum absolute atomic E-state index is 0.0136. The van der Waals surface area contributed by atoms with Gasteiger partial charge in [0.15, 0.2) is 0 Å². The van der Waals surface area contributed by atoms with Gasteiger partial charge in [0, 0.05) is 24.5 Å². The summed E-state index contributed by atoms with van der Waals surface area (Å²) in [5.74, 6) is -0.0136. The Balaban J connectivity index is 2.97. The van der Waals surface area contributed by atoms with Gasteiger partial charge < -0.3 is 4.90 Å². The number of halogens is 1. The Morgan fingerprint density at radius 2 is 2.16 bits per heavy atom. The lowest BCUT2D eigenvalue weighted by molar-refractivity contribution is 0.0685. The van der Waals surface area contributed by atoms with Crippen LogP contribution in [0.5, 0.6) is 0 Å². The average molecular weight is 283 g/mol. The molecule has 0 saturated heterocycles. The van der Waals surface area contributed by atoms with Crippen LogP contribution >= 0.6 is 11.6 Å². The number of aryl methyl sites for hydroxylation is 1. The number of carbonyl (C=O) groups excluding carboxylic acids is 1. The van der Waals surface area contributed by atoms with E-state index in [1.807, 2.05) is 11.8 Å².